The molecule has 2 aromatic rings. The lowest BCUT2D eigenvalue weighted by molar-refractivity contribution is -0.384. The molecule has 3 rings (SSSR count). The molecule has 2 N–H and O–H groups in total. The molecule has 6 nitrogen and oxygen atoms in total. The lowest BCUT2D eigenvalue weighted by Crippen LogP contribution is -2.40. The number of carbonyl (C=O) groups is 1. The van der Waals surface area contributed by atoms with Crippen molar-refractivity contribution in [2.45, 2.75) is 31.8 Å². The van der Waals surface area contributed by atoms with E-state index in [1.54, 1.807) is 12.1 Å². The van der Waals surface area contributed by atoms with Gasteiger partial charge in [0.25, 0.3) is 5.69 Å². The molecule has 1 aliphatic carbocycles. The number of hydrogen-bond donors (Lipinski definition) is 2. The first-order valence-corrected chi connectivity index (χ1v) is 8.41. The SMILES string of the molecule is C[C@@H](N[C@H](c1ccccc1)C1CC1)C(=O)Nc1ccc([N+](=O)[O-])cc1. The van der Waals surface area contributed by atoms with Crippen LogP contribution in [0.25, 0.3) is 0 Å². The van der Waals surface area contributed by atoms with E-state index in [1.165, 1.54) is 30.5 Å². The Morgan fingerprint density at radius 3 is 2.32 bits per heavy atom. The van der Waals surface area contributed by atoms with Crippen molar-refractivity contribution in [3.05, 3.63) is 70.3 Å². The minimum atomic E-state index is -0.462. The van der Waals surface area contributed by atoms with Gasteiger partial charge in [-0.05, 0) is 43.4 Å². The third-order valence-electron chi connectivity index (χ3n) is 4.42. The Bertz CT molecular complexity index is 742. The smallest absolute Gasteiger partial charge is 0.269 e. The first-order valence-electron chi connectivity index (χ1n) is 8.41. The van der Waals surface area contributed by atoms with Crippen LogP contribution in [0.15, 0.2) is 54.6 Å². The number of anilines is 1. The van der Waals surface area contributed by atoms with Crippen LogP contribution < -0.4 is 10.6 Å². The molecule has 0 spiro atoms. The number of carbonyl (C=O) groups excluding carboxylic acids is 1. The molecule has 25 heavy (non-hydrogen) atoms. The van der Waals surface area contributed by atoms with Gasteiger partial charge in [-0.15, -0.1) is 0 Å². The molecule has 0 aliphatic heterocycles. The van der Waals surface area contributed by atoms with Crippen molar-refractivity contribution >= 4 is 17.3 Å². The Balaban J connectivity index is 1.62. The number of nitro groups is 1. The third-order valence-corrected chi connectivity index (χ3v) is 4.42. The van der Waals surface area contributed by atoms with Gasteiger partial charge < -0.3 is 5.32 Å². The molecule has 130 valence electrons. The summed E-state index contributed by atoms with van der Waals surface area (Å²) in [5.74, 6) is 0.410. The van der Waals surface area contributed by atoms with Gasteiger partial charge in [0.2, 0.25) is 5.91 Å². The van der Waals surface area contributed by atoms with Crippen molar-refractivity contribution in [3.8, 4) is 0 Å². The maximum absolute atomic E-state index is 12.4. The summed E-state index contributed by atoms with van der Waals surface area (Å²) in [6, 6.07) is 15.8. The summed E-state index contributed by atoms with van der Waals surface area (Å²) in [4.78, 5) is 22.6. The summed E-state index contributed by atoms with van der Waals surface area (Å²) in [6.07, 6.45) is 2.34. The molecule has 0 saturated heterocycles. The van der Waals surface area contributed by atoms with Gasteiger partial charge in [-0.3, -0.25) is 20.2 Å². The molecule has 1 saturated carbocycles. The zero-order valence-corrected chi connectivity index (χ0v) is 14.0. The molecule has 2 atom stereocenters. The number of nitro benzene ring substituents is 1. The summed E-state index contributed by atoms with van der Waals surface area (Å²) >= 11 is 0. The van der Waals surface area contributed by atoms with Crippen LogP contribution in [0.5, 0.6) is 0 Å². The second kappa shape index (κ2) is 7.44. The number of rotatable bonds is 7. The second-order valence-electron chi connectivity index (χ2n) is 6.41. The highest BCUT2D eigenvalue weighted by Crippen LogP contribution is 2.41. The van der Waals surface area contributed by atoms with Crippen molar-refractivity contribution in [1.29, 1.82) is 0 Å². The molecule has 2 aromatic carbocycles. The monoisotopic (exact) mass is 339 g/mol. The Kier molecular flexibility index (Phi) is 5.09. The fourth-order valence-corrected chi connectivity index (χ4v) is 2.86. The van der Waals surface area contributed by atoms with E-state index in [0.29, 0.717) is 11.6 Å². The van der Waals surface area contributed by atoms with Gasteiger partial charge in [0.05, 0.1) is 11.0 Å². The predicted octanol–water partition coefficient (Wildman–Crippen LogP) is 3.66. The van der Waals surface area contributed by atoms with Crippen molar-refractivity contribution in [2.24, 2.45) is 5.92 Å². The van der Waals surface area contributed by atoms with Crippen LogP contribution in [-0.4, -0.2) is 16.9 Å². The van der Waals surface area contributed by atoms with Gasteiger partial charge >= 0.3 is 0 Å². The van der Waals surface area contributed by atoms with Crippen LogP contribution in [0.4, 0.5) is 11.4 Å². The third kappa shape index (κ3) is 4.42. The lowest BCUT2D eigenvalue weighted by atomic mass is 10.0. The largest absolute Gasteiger partial charge is 0.325 e. The van der Waals surface area contributed by atoms with Crippen LogP contribution in [0.3, 0.4) is 0 Å². The normalized spacial score (nSPS) is 16.0. The highest BCUT2D eigenvalue weighted by atomic mass is 16.6. The minimum Gasteiger partial charge on any atom is -0.325 e. The highest BCUT2D eigenvalue weighted by molar-refractivity contribution is 5.94. The van der Waals surface area contributed by atoms with E-state index in [0.717, 1.165) is 0 Å². The van der Waals surface area contributed by atoms with Crippen LogP contribution in [0.2, 0.25) is 0 Å². The zero-order chi connectivity index (χ0) is 17.8. The van der Waals surface area contributed by atoms with E-state index < -0.39 is 4.92 Å². The van der Waals surface area contributed by atoms with Gasteiger partial charge in [-0.1, -0.05) is 30.3 Å². The van der Waals surface area contributed by atoms with Crippen molar-refractivity contribution in [1.82, 2.24) is 5.32 Å². The number of nitrogens with zero attached hydrogens (tertiary/aromatic N) is 1. The van der Waals surface area contributed by atoms with E-state index in [2.05, 4.69) is 22.8 Å². The fraction of sp³-hybridized carbons (Fsp3) is 0.316. The maximum atomic E-state index is 12.4. The molecule has 0 heterocycles. The Labute approximate surface area is 146 Å². The van der Waals surface area contributed by atoms with Crippen LogP contribution in [0, 0.1) is 16.0 Å². The van der Waals surface area contributed by atoms with E-state index in [-0.39, 0.29) is 23.7 Å². The quantitative estimate of drug-likeness (QED) is 0.595. The molecule has 0 bridgehead atoms. The van der Waals surface area contributed by atoms with E-state index in [9.17, 15) is 14.9 Å². The van der Waals surface area contributed by atoms with E-state index in [4.69, 9.17) is 0 Å². The number of amides is 1. The Hall–Kier alpha value is -2.73. The highest BCUT2D eigenvalue weighted by Gasteiger charge is 2.33. The van der Waals surface area contributed by atoms with Crippen molar-refractivity contribution in [3.63, 3.8) is 0 Å². The van der Waals surface area contributed by atoms with Gasteiger partial charge in [-0.25, -0.2) is 0 Å². The maximum Gasteiger partial charge on any atom is 0.269 e. The molecule has 0 aromatic heterocycles. The van der Waals surface area contributed by atoms with Gasteiger partial charge in [0.1, 0.15) is 0 Å². The molecule has 6 heteroatoms. The van der Waals surface area contributed by atoms with Crippen LogP contribution in [-0.2, 0) is 4.79 Å². The van der Waals surface area contributed by atoms with Crippen molar-refractivity contribution in [2.75, 3.05) is 5.32 Å². The molecule has 0 unspecified atom stereocenters. The number of non-ortho nitro benzene ring substituents is 1. The van der Waals surface area contributed by atoms with E-state index in [1.807, 2.05) is 25.1 Å². The average Bonchev–Trinajstić information content (AvgIpc) is 3.45. The summed E-state index contributed by atoms with van der Waals surface area (Å²) in [7, 11) is 0. The summed E-state index contributed by atoms with van der Waals surface area (Å²) in [5, 5.41) is 16.9. The molecular weight excluding hydrogens is 318 g/mol. The number of hydrogen-bond acceptors (Lipinski definition) is 4. The molecular formula is C19H21N3O3. The Morgan fingerprint density at radius 2 is 1.76 bits per heavy atom. The Morgan fingerprint density at radius 1 is 1.12 bits per heavy atom. The lowest BCUT2D eigenvalue weighted by Gasteiger charge is -2.23. The molecule has 1 fully saturated rings. The zero-order valence-electron chi connectivity index (χ0n) is 14.0. The summed E-state index contributed by atoms with van der Waals surface area (Å²) in [5.41, 5.74) is 1.74. The second-order valence-corrected chi connectivity index (χ2v) is 6.41. The average molecular weight is 339 g/mol. The molecule has 0 radical (unpaired) electrons. The first kappa shape index (κ1) is 17.1. The van der Waals surface area contributed by atoms with Crippen LogP contribution >= 0.6 is 0 Å². The van der Waals surface area contributed by atoms with E-state index >= 15 is 0 Å². The topological polar surface area (TPSA) is 84.3 Å². The van der Waals surface area contributed by atoms with Gasteiger partial charge in [0.15, 0.2) is 0 Å². The first-order chi connectivity index (χ1) is 12.0. The number of nitrogens with one attached hydrogen (secondary N) is 2. The summed E-state index contributed by atoms with van der Waals surface area (Å²) in [6.45, 7) is 1.83. The minimum absolute atomic E-state index is 0.00190. The summed E-state index contributed by atoms with van der Waals surface area (Å²) < 4.78 is 0. The fourth-order valence-electron chi connectivity index (χ4n) is 2.86. The molecule has 1 amide bonds. The predicted molar refractivity (Wildman–Crippen MR) is 96.2 cm³/mol. The van der Waals surface area contributed by atoms with Crippen LogP contribution in [0.1, 0.15) is 31.4 Å². The molecule has 1 aliphatic rings. The number of benzene rings is 2. The van der Waals surface area contributed by atoms with Crippen molar-refractivity contribution < 1.29 is 9.72 Å². The van der Waals surface area contributed by atoms with Gasteiger partial charge in [-0.2, -0.15) is 0 Å². The standard InChI is InChI=1S/C19H21N3O3/c1-13(19(23)21-16-9-11-17(12-10-16)22(24)25)20-18(15-7-8-15)14-5-3-2-4-6-14/h2-6,9-13,15,18,20H,7-8H2,1H3,(H,21,23)/t13-,18-/m1/s1. The van der Waals surface area contributed by atoms with Gasteiger partial charge in [0, 0.05) is 23.9 Å².